The average Bonchev–Trinajstić information content (AvgIpc) is 3.09. The number of hydrogen-bond acceptors (Lipinski definition) is 6. The van der Waals surface area contributed by atoms with Crippen LogP contribution in [0.25, 0.3) is 11.3 Å². The Balaban J connectivity index is 1.81. The summed E-state index contributed by atoms with van der Waals surface area (Å²) in [6.45, 7) is 0. The molecule has 25 heavy (non-hydrogen) atoms. The van der Waals surface area contributed by atoms with Gasteiger partial charge in [-0.2, -0.15) is 0 Å². The van der Waals surface area contributed by atoms with Gasteiger partial charge in [0.25, 0.3) is 5.56 Å². The van der Waals surface area contributed by atoms with Crippen molar-refractivity contribution in [2.45, 2.75) is 10.9 Å². The van der Waals surface area contributed by atoms with Crippen molar-refractivity contribution in [3.05, 3.63) is 64.3 Å². The molecule has 0 aliphatic carbocycles. The molecule has 128 valence electrons. The van der Waals surface area contributed by atoms with E-state index in [1.807, 2.05) is 18.2 Å². The Labute approximate surface area is 146 Å². The normalized spacial score (nSPS) is 10.6. The highest BCUT2D eigenvalue weighted by Gasteiger charge is 2.11. The molecular weight excluding hydrogens is 344 g/mol. The summed E-state index contributed by atoms with van der Waals surface area (Å²) >= 11 is 1.25. The second-order valence-electron chi connectivity index (χ2n) is 5.03. The molecule has 2 aromatic heterocycles. The Morgan fingerprint density at radius 1 is 1.32 bits per heavy atom. The van der Waals surface area contributed by atoms with Crippen molar-refractivity contribution >= 4 is 17.7 Å². The van der Waals surface area contributed by atoms with Crippen molar-refractivity contribution in [3.63, 3.8) is 0 Å². The zero-order valence-electron chi connectivity index (χ0n) is 13.2. The lowest BCUT2D eigenvalue weighted by atomic mass is 10.1. The van der Waals surface area contributed by atoms with Crippen LogP contribution in [-0.4, -0.2) is 28.2 Å². The highest BCUT2D eigenvalue weighted by molar-refractivity contribution is 7.98. The first kappa shape index (κ1) is 16.8. The third-order valence-corrected chi connectivity index (χ3v) is 4.20. The summed E-state index contributed by atoms with van der Waals surface area (Å²) in [7, 11) is 1.57. The summed E-state index contributed by atoms with van der Waals surface area (Å²) < 4.78 is 10.4. The fourth-order valence-corrected chi connectivity index (χ4v) is 2.91. The van der Waals surface area contributed by atoms with E-state index in [0.29, 0.717) is 28.1 Å². The van der Waals surface area contributed by atoms with E-state index in [2.05, 4.69) is 9.97 Å². The fraction of sp³-hybridized carbons (Fsp3) is 0.118. The van der Waals surface area contributed by atoms with E-state index >= 15 is 0 Å². The minimum Gasteiger partial charge on any atom is -0.497 e. The maximum Gasteiger partial charge on any atom is 0.371 e. The van der Waals surface area contributed by atoms with E-state index < -0.39 is 5.97 Å². The summed E-state index contributed by atoms with van der Waals surface area (Å²) in [5, 5.41) is 9.27. The highest BCUT2D eigenvalue weighted by Crippen LogP contribution is 2.24. The van der Waals surface area contributed by atoms with Gasteiger partial charge in [-0.25, -0.2) is 9.78 Å². The van der Waals surface area contributed by atoms with Gasteiger partial charge in [0.2, 0.25) is 5.76 Å². The Kier molecular flexibility index (Phi) is 4.90. The summed E-state index contributed by atoms with van der Waals surface area (Å²) in [6.07, 6.45) is 0. The number of ether oxygens (including phenoxy) is 1. The van der Waals surface area contributed by atoms with E-state index in [-0.39, 0.29) is 11.3 Å². The van der Waals surface area contributed by atoms with Gasteiger partial charge in [-0.3, -0.25) is 4.79 Å². The van der Waals surface area contributed by atoms with Gasteiger partial charge in [-0.1, -0.05) is 23.9 Å². The van der Waals surface area contributed by atoms with Crippen LogP contribution in [0.5, 0.6) is 5.75 Å². The van der Waals surface area contributed by atoms with Crippen molar-refractivity contribution in [2.75, 3.05) is 7.11 Å². The Hall–Kier alpha value is -3.00. The van der Waals surface area contributed by atoms with Crippen LogP contribution in [0.2, 0.25) is 0 Å². The predicted molar refractivity (Wildman–Crippen MR) is 92.1 cm³/mol. The first-order valence-electron chi connectivity index (χ1n) is 7.26. The zero-order chi connectivity index (χ0) is 17.8. The van der Waals surface area contributed by atoms with Crippen LogP contribution in [0, 0.1) is 0 Å². The van der Waals surface area contributed by atoms with Gasteiger partial charge >= 0.3 is 5.97 Å². The number of furan rings is 1. The van der Waals surface area contributed by atoms with Crippen molar-refractivity contribution in [1.29, 1.82) is 0 Å². The number of aromatic carboxylic acids is 1. The van der Waals surface area contributed by atoms with E-state index in [9.17, 15) is 9.59 Å². The second-order valence-corrected chi connectivity index (χ2v) is 5.99. The lowest BCUT2D eigenvalue weighted by molar-refractivity contribution is 0.0661. The maximum absolute atomic E-state index is 11.9. The molecule has 0 unspecified atom stereocenters. The molecule has 0 spiro atoms. The van der Waals surface area contributed by atoms with Gasteiger partial charge in [0.1, 0.15) is 11.5 Å². The standard InChI is InChI=1S/C17H14N2O5S/c1-23-11-4-2-3-10(7-11)13-8-15(20)19-17(18-13)25-9-12-5-6-14(24-12)16(21)22/h2-8H,9H2,1H3,(H,21,22)(H,18,19,20). The summed E-state index contributed by atoms with van der Waals surface area (Å²) in [6, 6.07) is 11.6. The van der Waals surface area contributed by atoms with E-state index in [1.54, 1.807) is 19.2 Å². The number of H-pyrrole nitrogens is 1. The third-order valence-electron chi connectivity index (χ3n) is 3.31. The highest BCUT2D eigenvalue weighted by atomic mass is 32.2. The number of aromatic nitrogens is 2. The largest absolute Gasteiger partial charge is 0.497 e. The number of carboxylic acid groups (broad SMARTS) is 1. The smallest absolute Gasteiger partial charge is 0.371 e. The number of hydrogen-bond donors (Lipinski definition) is 2. The minimum atomic E-state index is -1.12. The molecular formula is C17H14N2O5S. The number of nitrogens with one attached hydrogen (secondary N) is 1. The van der Waals surface area contributed by atoms with Crippen LogP contribution in [0.4, 0.5) is 0 Å². The molecule has 2 heterocycles. The van der Waals surface area contributed by atoms with E-state index in [0.717, 1.165) is 5.56 Å². The molecule has 8 heteroatoms. The quantitative estimate of drug-likeness (QED) is 0.515. The predicted octanol–water partition coefficient (Wildman–Crippen LogP) is 3.03. The van der Waals surface area contributed by atoms with Gasteiger partial charge in [-0.05, 0) is 24.3 Å². The van der Waals surface area contributed by atoms with Crippen molar-refractivity contribution in [1.82, 2.24) is 9.97 Å². The van der Waals surface area contributed by atoms with Crippen LogP contribution >= 0.6 is 11.8 Å². The summed E-state index contributed by atoms with van der Waals surface area (Å²) in [5.41, 5.74) is 1.01. The number of nitrogens with zero attached hydrogens (tertiary/aromatic N) is 1. The molecule has 0 radical (unpaired) electrons. The van der Waals surface area contributed by atoms with Crippen molar-refractivity contribution < 1.29 is 19.1 Å². The third kappa shape index (κ3) is 4.10. The van der Waals surface area contributed by atoms with Crippen molar-refractivity contribution in [2.24, 2.45) is 0 Å². The SMILES string of the molecule is COc1cccc(-c2cc(=O)[nH]c(SCc3ccc(C(=O)O)o3)n2)c1. The number of benzene rings is 1. The summed E-state index contributed by atoms with van der Waals surface area (Å²) in [4.78, 5) is 29.8. The number of aromatic amines is 1. The van der Waals surface area contributed by atoms with Crippen LogP contribution in [0.15, 0.2) is 56.8 Å². The second kappa shape index (κ2) is 7.27. The lowest BCUT2D eigenvalue weighted by Gasteiger charge is -2.05. The van der Waals surface area contributed by atoms with E-state index in [4.69, 9.17) is 14.3 Å². The molecule has 7 nitrogen and oxygen atoms in total. The average molecular weight is 358 g/mol. The summed E-state index contributed by atoms with van der Waals surface area (Å²) in [5.74, 6) is 0.255. The van der Waals surface area contributed by atoms with Crippen LogP contribution in [0.3, 0.4) is 0 Å². The number of thioether (sulfide) groups is 1. The molecule has 0 aliphatic heterocycles. The van der Waals surface area contributed by atoms with Gasteiger partial charge in [-0.15, -0.1) is 0 Å². The topological polar surface area (TPSA) is 105 Å². The lowest BCUT2D eigenvalue weighted by Crippen LogP contribution is -2.08. The number of methoxy groups -OCH3 is 1. The molecule has 0 aliphatic rings. The monoisotopic (exact) mass is 358 g/mol. The van der Waals surface area contributed by atoms with Gasteiger partial charge in [0.05, 0.1) is 18.6 Å². The fourth-order valence-electron chi connectivity index (χ4n) is 2.14. The Morgan fingerprint density at radius 3 is 2.88 bits per heavy atom. The van der Waals surface area contributed by atoms with Crippen LogP contribution in [-0.2, 0) is 5.75 Å². The number of rotatable bonds is 6. The zero-order valence-corrected chi connectivity index (χ0v) is 14.0. The first-order valence-corrected chi connectivity index (χ1v) is 8.24. The molecule has 2 N–H and O–H groups in total. The Bertz CT molecular complexity index is 963. The number of carbonyl (C=O) groups is 1. The molecule has 3 rings (SSSR count). The van der Waals surface area contributed by atoms with E-state index in [1.165, 1.54) is 23.9 Å². The maximum atomic E-state index is 11.9. The molecule has 0 saturated carbocycles. The molecule has 0 saturated heterocycles. The van der Waals surface area contributed by atoms with Gasteiger partial charge in [0.15, 0.2) is 5.16 Å². The van der Waals surface area contributed by atoms with Crippen LogP contribution < -0.4 is 10.3 Å². The first-order chi connectivity index (χ1) is 12.0. The number of carboxylic acids is 1. The molecule has 0 amide bonds. The minimum absolute atomic E-state index is 0.123. The molecule has 0 bridgehead atoms. The molecule has 0 atom stereocenters. The van der Waals surface area contributed by atoms with Crippen LogP contribution in [0.1, 0.15) is 16.3 Å². The molecule has 3 aromatic rings. The van der Waals surface area contributed by atoms with Crippen molar-refractivity contribution in [3.8, 4) is 17.0 Å². The van der Waals surface area contributed by atoms with Gasteiger partial charge in [0, 0.05) is 11.6 Å². The molecule has 0 fully saturated rings. The van der Waals surface area contributed by atoms with Gasteiger partial charge < -0.3 is 19.2 Å². The molecule has 1 aromatic carbocycles. The Morgan fingerprint density at radius 2 is 2.16 bits per heavy atom.